The molecule has 1 saturated carbocycles. The number of nitrogens with two attached hydrogens (primary N) is 2. The van der Waals surface area contributed by atoms with E-state index < -0.39 is 29.2 Å². The van der Waals surface area contributed by atoms with Gasteiger partial charge in [0.05, 0.1) is 12.5 Å². The van der Waals surface area contributed by atoms with Crippen molar-refractivity contribution in [2.45, 2.75) is 25.1 Å². The maximum Gasteiger partial charge on any atom is 0.350 e. The van der Waals surface area contributed by atoms with Crippen molar-refractivity contribution in [3.05, 3.63) is 32.7 Å². The fourth-order valence-electron chi connectivity index (χ4n) is 3.83. The highest BCUT2D eigenvalue weighted by molar-refractivity contribution is 5.91. The van der Waals surface area contributed by atoms with Crippen LogP contribution < -0.4 is 32.5 Å². The van der Waals surface area contributed by atoms with E-state index in [0.717, 1.165) is 18.9 Å². The molecule has 0 amide bonds. The molecule has 1 aliphatic carbocycles. The monoisotopic (exact) mass is 381 g/mol. The lowest BCUT2D eigenvalue weighted by molar-refractivity contribution is 0.289. The second-order valence-electron chi connectivity index (χ2n) is 7.11. The predicted octanol–water partition coefficient (Wildman–Crippen LogP) is 0.0926. The number of fused-ring (bicyclic) bond motifs is 1. The van der Waals surface area contributed by atoms with Crippen LogP contribution in [0.4, 0.5) is 14.5 Å². The molecule has 27 heavy (non-hydrogen) atoms. The lowest BCUT2D eigenvalue weighted by atomic mass is 10.1. The van der Waals surface area contributed by atoms with Gasteiger partial charge >= 0.3 is 5.69 Å². The molecule has 146 valence electrons. The number of hydrogen-bond acceptors (Lipinski definition) is 6. The Morgan fingerprint density at radius 2 is 2.00 bits per heavy atom. The minimum atomic E-state index is -1.20. The SMILES string of the molecule is COc1c(N2C[C@H](CN)[C@H](F)C2)c(F)cc2c(=O)n(N)c(=O)n(C3CC3)c12. The summed E-state index contributed by atoms with van der Waals surface area (Å²) in [6.07, 6.45) is 0.292. The van der Waals surface area contributed by atoms with Crippen molar-refractivity contribution in [2.24, 2.45) is 11.7 Å². The fraction of sp³-hybridized carbons (Fsp3) is 0.529. The third-order valence-corrected chi connectivity index (χ3v) is 5.38. The van der Waals surface area contributed by atoms with Gasteiger partial charge < -0.3 is 21.2 Å². The highest BCUT2D eigenvalue weighted by Gasteiger charge is 2.37. The quantitative estimate of drug-likeness (QED) is 0.727. The number of aromatic nitrogens is 2. The first-order chi connectivity index (χ1) is 12.9. The van der Waals surface area contributed by atoms with Gasteiger partial charge in [-0.3, -0.25) is 9.36 Å². The zero-order chi connectivity index (χ0) is 19.5. The molecule has 2 fully saturated rings. The summed E-state index contributed by atoms with van der Waals surface area (Å²) in [6, 6.07) is 0.909. The summed E-state index contributed by atoms with van der Waals surface area (Å²) in [6.45, 7) is 0.320. The summed E-state index contributed by atoms with van der Waals surface area (Å²) in [4.78, 5) is 26.6. The Bertz CT molecular complexity index is 1030. The average molecular weight is 381 g/mol. The van der Waals surface area contributed by atoms with Crippen LogP contribution in [0.5, 0.6) is 5.75 Å². The summed E-state index contributed by atoms with van der Waals surface area (Å²) in [5.41, 5.74) is 4.34. The lowest BCUT2D eigenvalue weighted by Gasteiger charge is -2.24. The summed E-state index contributed by atoms with van der Waals surface area (Å²) < 4.78 is 36.5. The second kappa shape index (κ2) is 6.22. The Morgan fingerprint density at radius 1 is 1.30 bits per heavy atom. The van der Waals surface area contributed by atoms with Crippen LogP contribution in [-0.2, 0) is 0 Å². The summed E-state index contributed by atoms with van der Waals surface area (Å²) in [7, 11) is 1.33. The predicted molar refractivity (Wildman–Crippen MR) is 97.1 cm³/mol. The summed E-state index contributed by atoms with van der Waals surface area (Å²) in [5.74, 6) is 4.49. The number of ether oxygens (including phenoxy) is 1. The molecule has 0 radical (unpaired) electrons. The van der Waals surface area contributed by atoms with Crippen LogP contribution in [0.15, 0.2) is 15.7 Å². The van der Waals surface area contributed by atoms with Crippen molar-refractivity contribution in [1.29, 1.82) is 0 Å². The van der Waals surface area contributed by atoms with Crippen molar-refractivity contribution in [2.75, 3.05) is 37.5 Å². The molecule has 0 bridgehead atoms. The zero-order valence-electron chi connectivity index (χ0n) is 14.8. The van der Waals surface area contributed by atoms with Crippen molar-refractivity contribution >= 4 is 16.6 Å². The lowest BCUT2D eigenvalue weighted by Crippen LogP contribution is -2.44. The number of anilines is 1. The van der Waals surface area contributed by atoms with E-state index >= 15 is 0 Å². The van der Waals surface area contributed by atoms with E-state index in [1.54, 1.807) is 0 Å². The van der Waals surface area contributed by atoms with Crippen molar-refractivity contribution in [3.63, 3.8) is 0 Å². The Labute approximate surface area is 152 Å². The van der Waals surface area contributed by atoms with E-state index in [0.29, 0.717) is 4.68 Å². The van der Waals surface area contributed by atoms with E-state index in [9.17, 15) is 18.4 Å². The van der Waals surface area contributed by atoms with Gasteiger partial charge in [0.2, 0.25) is 0 Å². The van der Waals surface area contributed by atoms with Gasteiger partial charge in [-0.25, -0.2) is 13.6 Å². The van der Waals surface area contributed by atoms with Gasteiger partial charge in [-0.2, -0.15) is 4.68 Å². The Hall–Kier alpha value is -2.62. The molecule has 2 aliphatic rings. The minimum absolute atomic E-state index is 0.0339. The number of rotatable bonds is 4. The van der Waals surface area contributed by atoms with Gasteiger partial charge in [0, 0.05) is 25.0 Å². The van der Waals surface area contributed by atoms with Gasteiger partial charge in [0.25, 0.3) is 5.56 Å². The number of benzene rings is 1. The Morgan fingerprint density at radius 3 is 2.56 bits per heavy atom. The zero-order valence-corrected chi connectivity index (χ0v) is 14.8. The number of nitrogens with zero attached hydrogens (tertiary/aromatic N) is 3. The third kappa shape index (κ3) is 2.58. The number of hydrogen-bond donors (Lipinski definition) is 2. The van der Waals surface area contributed by atoms with E-state index in [-0.39, 0.29) is 48.0 Å². The average Bonchev–Trinajstić information content (AvgIpc) is 3.41. The first-order valence-electron chi connectivity index (χ1n) is 8.80. The second-order valence-corrected chi connectivity index (χ2v) is 7.11. The smallest absolute Gasteiger partial charge is 0.350 e. The van der Waals surface area contributed by atoms with Gasteiger partial charge in [-0.05, 0) is 25.5 Å². The van der Waals surface area contributed by atoms with E-state index in [2.05, 4.69) is 0 Å². The first kappa shape index (κ1) is 17.8. The van der Waals surface area contributed by atoms with Crippen LogP contribution in [0.2, 0.25) is 0 Å². The molecule has 2 atom stereocenters. The van der Waals surface area contributed by atoms with E-state index in [1.807, 2.05) is 0 Å². The highest BCUT2D eigenvalue weighted by atomic mass is 19.1. The van der Waals surface area contributed by atoms with Crippen LogP contribution in [0, 0.1) is 11.7 Å². The van der Waals surface area contributed by atoms with Gasteiger partial charge in [-0.1, -0.05) is 0 Å². The molecule has 4 N–H and O–H groups in total. The Balaban J connectivity index is 2.03. The van der Waals surface area contributed by atoms with Crippen LogP contribution in [0.3, 0.4) is 0 Å². The Kier molecular flexibility index (Phi) is 4.10. The molecule has 2 aromatic rings. The summed E-state index contributed by atoms with van der Waals surface area (Å²) in [5, 5.41) is -0.0477. The molecular formula is C17H21F2N5O3. The number of alkyl halides is 1. The topological polar surface area (TPSA) is 109 Å². The van der Waals surface area contributed by atoms with Crippen molar-refractivity contribution < 1.29 is 13.5 Å². The van der Waals surface area contributed by atoms with Crippen LogP contribution in [-0.4, -0.2) is 42.2 Å². The largest absolute Gasteiger partial charge is 0.492 e. The van der Waals surface area contributed by atoms with Crippen LogP contribution in [0.25, 0.3) is 10.9 Å². The third-order valence-electron chi connectivity index (χ3n) is 5.38. The standard InChI is InChI=1S/C17H21F2N5O3/c1-27-15-13-10(16(25)24(21)17(26)23(13)9-2-3-9)4-11(18)14(15)22-6-8(5-20)12(19)7-22/h4,8-9,12H,2-3,5-7,20-21H2,1H3/t8-,12+/m0/s1. The fourth-order valence-corrected chi connectivity index (χ4v) is 3.83. The van der Waals surface area contributed by atoms with Crippen molar-refractivity contribution in [1.82, 2.24) is 9.24 Å². The van der Waals surface area contributed by atoms with Crippen LogP contribution >= 0.6 is 0 Å². The van der Waals surface area contributed by atoms with Gasteiger partial charge in [0.1, 0.15) is 17.4 Å². The molecule has 8 nitrogen and oxygen atoms in total. The molecule has 4 rings (SSSR count). The van der Waals surface area contributed by atoms with E-state index in [4.69, 9.17) is 16.3 Å². The molecule has 1 aliphatic heterocycles. The van der Waals surface area contributed by atoms with Gasteiger partial charge in [0.15, 0.2) is 11.6 Å². The highest BCUT2D eigenvalue weighted by Crippen LogP contribution is 2.43. The molecule has 1 aromatic carbocycles. The number of methoxy groups -OCH3 is 1. The van der Waals surface area contributed by atoms with Crippen LogP contribution in [0.1, 0.15) is 18.9 Å². The number of halogens is 2. The number of nitrogen functional groups attached to an aromatic ring is 1. The normalized spacial score (nSPS) is 22.6. The van der Waals surface area contributed by atoms with Crippen molar-refractivity contribution in [3.8, 4) is 5.75 Å². The molecule has 0 spiro atoms. The van der Waals surface area contributed by atoms with E-state index in [1.165, 1.54) is 16.6 Å². The molecule has 1 saturated heterocycles. The molecule has 2 heterocycles. The summed E-state index contributed by atoms with van der Waals surface area (Å²) >= 11 is 0. The van der Waals surface area contributed by atoms with Gasteiger partial charge in [-0.15, -0.1) is 0 Å². The minimum Gasteiger partial charge on any atom is -0.492 e. The maximum absolute atomic E-state index is 15.0. The maximum atomic E-state index is 15.0. The molecule has 0 unspecified atom stereocenters. The molecule has 10 heteroatoms. The molecular weight excluding hydrogens is 360 g/mol. The first-order valence-corrected chi connectivity index (χ1v) is 8.80. The molecule has 1 aromatic heterocycles.